The van der Waals surface area contributed by atoms with Crippen molar-refractivity contribution in [1.82, 2.24) is 0 Å². The zero-order chi connectivity index (χ0) is 6.10. The van der Waals surface area contributed by atoms with E-state index in [9.17, 15) is 0 Å². The Kier molecular flexibility index (Phi) is 1.68. The molecule has 1 aliphatic carbocycles. The largest absolute Gasteiger partial charge is 0.367 e. The minimum Gasteiger partial charge on any atom is -0.367 e. The van der Waals surface area contributed by atoms with Gasteiger partial charge in [0.05, 0.1) is 6.61 Å². The van der Waals surface area contributed by atoms with Crippen LogP contribution in [0.5, 0.6) is 0 Å². The van der Waals surface area contributed by atoms with Crippen LogP contribution in [0, 0.1) is 5.25 Å². The first-order valence-electron chi connectivity index (χ1n) is 3.58. The van der Waals surface area contributed by atoms with Gasteiger partial charge in [-0.3, -0.25) is 0 Å². The van der Waals surface area contributed by atoms with E-state index >= 15 is 0 Å². The van der Waals surface area contributed by atoms with Crippen LogP contribution < -0.4 is 0 Å². The molecule has 1 nitrogen and oxygen atoms in total. The Morgan fingerprint density at radius 3 is 2.56 bits per heavy atom. The van der Waals surface area contributed by atoms with Gasteiger partial charge in [-0.05, 0) is 12.8 Å². The van der Waals surface area contributed by atoms with Gasteiger partial charge >= 0.3 is 0 Å². The van der Waals surface area contributed by atoms with Crippen molar-refractivity contribution < 1.29 is 4.74 Å². The molecule has 51 valence electrons. The lowest BCUT2D eigenvalue weighted by molar-refractivity contribution is 0.00969. The van der Waals surface area contributed by atoms with Gasteiger partial charge in [-0.25, -0.2) is 0 Å². The van der Waals surface area contributed by atoms with Gasteiger partial charge in [0.2, 0.25) is 0 Å². The highest BCUT2D eigenvalue weighted by Crippen LogP contribution is 2.44. The molecular formula is C7H11OS. The first kappa shape index (κ1) is 6.05. The normalized spacial score (nSPS) is 35.3. The lowest BCUT2D eigenvalue weighted by Gasteiger charge is -2.32. The molecule has 2 fully saturated rings. The topological polar surface area (TPSA) is 9.23 Å². The van der Waals surface area contributed by atoms with Crippen LogP contribution in [0.15, 0.2) is 0 Å². The summed E-state index contributed by atoms with van der Waals surface area (Å²) in [5, 5.41) is 1.67. The third-order valence-corrected chi connectivity index (χ3v) is 3.24. The van der Waals surface area contributed by atoms with Crippen LogP contribution in [0.25, 0.3) is 0 Å². The number of hydrogen-bond acceptors (Lipinski definition) is 2. The van der Waals surface area contributed by atoms with E-state index in [1.807, 2.05) is 11.8 Å². The van der Waals surface area contributed by atoms with E-state index in [0.717, 1.165) is 6.61 Å². The second-order valence-corrected chi connectivity index (χ2v) is 3.94. The number of thioether (sulfide) groups is 1. The van der Waals surface area contributed by atoms with Crippen molar-refractivity contribution in [1.29, 1.82) is 0 Å². The molecule has 0 spiro atoms. The van der Waals surface area contributed by atoms with Gasteiger partial charge < -0.3 is 4.74 Å². The van der Waals surface area contributed by atoms with Crippen LogP contribution in [0.2, 0.25) is 0 Å². The summed E-state index contributed by atoms with van der Waals surface area (Å²) in [7, 11) is 0. The van der Waals surface area contributed by atoms with Crippen molar-refractivity contribution in [2.24, 2.45) is 0 Å². The molecule has 0 aromatic rings. The van der Waals surface area contributed by atoms with Gasteiger partial charge in [0.1, 0.15) is 5.44 Å². The van der Waals surface area contributed by atoms with E-state index in [4.69, 9.17) is 4.74 Å². The quantitative estimate of drug-likeness (QED) is 0.586. The van der Waals surface area contributed by atoms with Gasteiger partial charge in [-0.2, -0.15) is 0 Å². The molecule has 0 aromatic carbocycles. The van der Waals surface area contributed by atoms with E-state index in [-0.39, 0.29) is 0 Å². The summed E-state index contributed by atoms with van der Waals surface area (Å²) in [6, 6.07) is 0. The van der Waals surface area contributed by atoms with Crippen molar-refractivity contribution >= 4 is 11.8 Å². The van der Waals surface area contributed by atoms with Gasteiger partial charge in [-0.15, -0.1) is 11.8 Å². The zero-order valence-electron chi connectivity index (χ0n) is 5.43. The Morgan fingerprint density at radius 2 is 2.22 bits per heavy atom. The molecule has 2 aliphatic rings. The molecule has 1 heterocycles. The second-order valence-electron chi connectivity index (χ2n) is 2.60. The fourth-order valence-corrected chi connectivity index (χ4v) is 2.21. The van der Waals surface area contributed by atoms with Crippen molar-refractivity contribution in [3.05, 3.63) is 5.25 Å². The third-order valence-electron chi connectivity index (χ3n) is 1.87. The molecular weight excluding hydrogens is 132 g/mol. The first-order chi connectivity index (χ1) is 4.45. The SMILES string of the molecule is C1C[C](SC2CCO2)C1. The van der Waals surface area contributed by atoms with Crippen LogP contribution in [0.4, 0.5) is 0 Å². The summed E-state index contributed by atoms with van der Waals surface area (Å²) in [6.45, 7) is 0.991. The van der Waals surface area contributed by atoms with Gasteiger partial charge in [0, 0.05) is 11.7 Å². The van der Waals surface area contributed by atoms with Crippen LogP contribution in [-0.2, 0) is 4.74 Å². The maximum absolute atomic E-state index is 5.28. The van der Waals surface area contributed by atoms with Crippen molar-refractivity contribution in [2.75, 3.05) is 6.61 Å². The lowest BCUT2D eigenvalue weighted by atomic mass is 10.00. The molecule has 1 saturated heterocycles. The van der Waals surface area contributed by atoms with E-state index in [1.165, 1.54) is 25.7 Å². The molecule has 2 heteroatoms. The highest BCUT2D eigenvalue weighted by molar-refractivity contribution is 8.02. The number of rotatable bonds is 2. The third kappa shape index (κ3) is 1.24. The monoisotopic (exact) mass is 143 g/mol. The minimum atomic E-state index is 0.542. The number of ether oxygens (including phenoxy) is 1. The first-order valence-corrected chi connectivity index (χ1v) is 4.46. The molecule has 1 aliphatic heterocycles. The average molecular weight is 143 g/mol. The molecule has 0 bridgehead atoms. The molecule has 1 saturated carbocycles. The second kappa shape index (κ2) is 2.51. The van der Waals surface area contributed by atoms with Crippen molar-refractivity contribution in [2.45, 2.75) is 31.1 Å². The summed E-state index contributed by atoms with van der Waals surface area (Å²) < 4.78 is 5.28. The van der Waals surface area contributed by atoms with E-state index in [2.05, 4.69) is 0 Å². The maximum Gasteiger partial charge on any atom is 0.105 e. The highest BCUT2D eigenvalue weighted by atomic mass is 32.2. The Bertz CT molecular complexity index is 85.1. The van der Waals surface area contributed by atoms with Crippen molar-refractivity contribution in [3.8, 4) is 0 Å². The van der Waals surface area contributed by atoms with Crippen LogP contribution in [0.3, 0.4) is 0 Å². The zero-order valence-corrected chi connectivity index (χ0v) is 6.25. The van der Waals surface area contributed by atoms with E-state index in [1.54, 1.807) is 5.25 Å². The fourth-order valence-electron chi connectivity index (χ4n) is 0.932. The molecule has 0 aromatic heterocycles. The summed E-state index contributed by atoms with van der Waals surface area (Å²) >= 11 is 1.97. The maximum atomic E-state index is 5.28. The van der Waals surface area contributed by atoms with Gasteiger partial charge in [-0.1, -0.05) is 6.42 Å². The summed E-state index contributed by atoms with van der Waals surface area (Å²) in [4.78, 5) is 0. The Hall–Kier alpha value is 0.310. The summed E-state index contributed by atoms with van der Waals surface area (Å²) in [5.74, 6) is 0. The Balaban J connectivity index is 1.64. The average Bonchev–Trinajstić information content (AvgIpc) is 1.57. The van der Waals surface area contributed by atoms with Gasteiger partial charge in [0.15, 0.2) is 0 Å². The molecule has 1 radical (unpaired) electrons. The highest BCUT2D eigenvalue weighted by Gasteiger charge is 2.27. The summed E-state index contributed by atoms with van der Waals surface area (Å²) in [6.07, 6.45) is 5.39. The summed E-state index contributed by atoms with van der Waals surface area (Å²) in [5.41, 5.74) is 0.542. The van der Waals surface area contributed by atoms with E-state index in [0.29, 0.717) is 5.44 Å². The van der Waals surface area contributed by atoms with Gasteiger partial charge in [0.25, 0.3) is 0 Å². The minimum absolute atomic E-state index is 0.542. The molecule has 0 N–H and O–H groups in total. The molecule has 9 heavy (non-hydrogen) atoms. The van der Waals surface area contributed by atoms with Crippen LogP contribution in [0.1, 0.15) is 25.7 Å². The predicted molar refractivity (Wildman–Crippen MR) is 39.0 cm³/mol. The molecule has 1 atom stereocenters. The fraction of sp³-hybridized carbons (Fsp3) is 0.857. The Labute approximate surface area is 60.2 Å². The molecule has 0 amide bonds. The predicted octanol–water partition coefficient (Wildman–Crippen LogP) is 2.18. The lowest BCUT2D eigenvalue weighted by Crippen LogP contribution is -2.25. The molecule has 1 unspecified atom stereocenters. The van der Waals surface area contributed by atoms with Crippen LogP contribution >= 0.6 is 11.8 Å². The van der Waals surface area contributed by atoms with Crippen molar-refractivity contribution in [3.63, 3.8) is 0 Å². The standard InChI is InChI=1S/C7H11OS/c1-2-6(3-1)9-7-4-5-8-7/h7H,1-5H2. The van der Waals surface area contributed by atoms with Crippen LogP contribution in [-0.4, -0.2) is 12.0 Å². The smallest absolute Gasteiger partial charge is 0.105 e. The Morgan fingerprint density at radius 1 is 1.44 bits per heavy atom. The number of hydrogen-bond donors (Lipinski definition) is 0. The van der Waals surface area contributed by atoms with E-state index < -0.39 is 0 Å². The molecule has 2 rings (SSSR count).